The Hall–Kier alpha value is -3.33. The van der Waals surface area contributed by atoms with E-state index in [1.807, 2.05) is 33.4 Å². The molecule has 1 aromatic carbocycles. The fraction of sp³-hybridized carbons (Fsp3) is 0.350. The molecule has 0 amide bonds. The van der Waals surface area contributed by atoms with Crippen LogP contribution in [0.3, 0.4) is 0 Å². The molecular formula is C20H21N7O2. The molecule has 3 aromatic heterocycles. The Labute approximate surface area is 167 Å². The van der Waals surface area contributed by atoms with Crippen molar-refractivity contribution in [2.75, 3.05) is 31.2 Å². The van der Waals surface area contributed by atoms with Crippen LogP contribution in [0.4, 0.5) is 5.82 Å². The molecular weight excluding hydrogens is 370 g/mol. The van der Waals surface area contributed by atoms with Gasteiger partial charge in [-0.2, -0.15) is 0 Å². The largest absolute Gasteiger partial charge is 0.378 e. The van der Waals surface area contributed by atoms with Gasteiger partial charge in [0.2, 0.25) is 0 Å². The van der Waals surface area contributed by atoms with Gasteiger partial charge in [0, 0.05) is 33.1 Å². The Bertz CT molecular complexity index is 1190. The van der Waals surface area contributed by atoms with Crippen LogP contribution in [0.2, 0.25) is 0 Å². The van der Waals surface area contributed by atoms with Crippen molar-refractivity contribution in [3.8, 4) is 0 Å². The number of aromatic nitrogens is 6. The van der Waals surface area contributed by atoms with Gasteiger partial charge in [-0.1, -0.05) is 12.1 Å². The minimum absolute atomic E-state index is 0.0476. The van der Waals surface area contributed by atoms with E-state index < -0.39 is 0 Å². The first-order valence-electron chi connectivity index (χ1n) is 9.67. The molecule has 1 fully saturated rings. The number of hydrogen-bond acceptors (Lipinski definition) is 7. The maximum atomic E-state index is 12.1. The van der Waals surface area contributed by atoms with E-state index in [1.165, 1.54) is 0 Å². The quantitative estimate of drug-likeness (QED) is 0.480. The molecule has 5 rings (SSSR count). The number of imidazole rings is 2. The summed E-state index contributed by atoms with van der Waals surface area (Å²) in [5.41, 5.74) is 3.35. The molecule has 0 bridgehead atoms. The first-order valence-corrected chi connectivity index (χ1v) is 9.67. The number of anilines is 1. The van der Waals surface area contributed by atoms with Crippen LogP contribution in [0.1, 0.15) is 17.5 Å². The van der Waals surface area contributed by atoms with Crippen molar-refractivity contribution in [3.05, 3.63) is 42.7 Å². The van der Waals surface area contributed by atoms with Gasteiger partial charge >= 0.3 is 0 Å². The maximum absolute atomic E-state index is 12.1. The second-order valence-corrected chi connectivity index (χ2v) is 7.04. The molecule has 1 aliphatic heterocycles. The van der Waals surface area contributed by atoms with Gasteiger partial charge in [-0.15, -0.1) is 0 Å². The number of hydrogen-bond donors (Lipinski definition) is 0. The third kappa shape index (κ3) is 3.13. The number of para-hydroxylation sites is 2. The average Bonchev–Trinajstić information content (AvgIpc) is 3.34. The highest BCUT2D eigenvalue weighted by molar-refractivity contribution is 5.94. The summed E-state index contributed by atoms with van der Waals surface area (Å²) in [6.07, 6.45) is 3.37. The van der Waals surface area contributed by atoms with E-state index in [9.17, 15) is 4.79 Å². The summed E-state index contributed by atoms with van der Waals surface area (Å²) in [5, 5.41) is 0. The van der Waals surface area contributed by atoms with Crippen LogP contribution < -0.4 is 4.90 Å². The van der Waals surface area contributed by atoms with Crippen molar-refractivity contribution in [2.24, 2.45) is 0 Å². The predicted octanol–water partition coefficient (Wildman–Crippen LogP) is 1.92. The molecule has 0 N–H and O–H groups in total. The van der Waals surface area contributed by atoms with E-state index in [1.54, 1.807) is 19.6 Å². The molecule has 4 aromatic rings. The zero-order valence-electron chi connectivity index (χ0n) is 16.2. The molecule has 0 atom stereocenters. The lowest BCUT2D eigenvalue weighted by Crippen LogP contribution is -2.36. The van der Waals surface area contributed by atoms with Crippen molar-refractivity contribution >= 4 is 33.8 Å². The molecule has 9 heteroatoms. The van der Waals surface area contributed by atoms with Crippen LogP contribution in [0, 0.1) is 0 Å². The zero-order valence-corrected chi connectivity index (χ0v) is 16.2. The van der Waals surface area contributed by atoms with E-state index in [4.69, 9.17) is 4.74 Å². The molecule has 29 heavy (non-hydrogen) atoms. The SMILES string of the molecule is CC(=O)c1nc2ccccc2n1CCn1cnc2c(N3CCOCC3)ncnc21. The molecule has 0 saturated carbocycles. The normalized spacial score (nSPS) is 14.7. The van der Waals surface area contributed by atoms with Crippen LogP contribution in [0.15, 0.2) is 36.9 Å². The highest BCUT2D eigenvalue weighted by atomic mass is 16.5. The van der Waals surface area contributed by atoms with Crippen molar-refractivity contribution in [2.45, 2.75) is 20.0 Å². The van der Waals surface area contributed by atoms with Crippen LogP contribution in [0.25, 0.3) is 22.2 Å². The van der Waals surface area contributed by atoms with Crippen molar-refractivity contribution < 1.29 is 9.53 Å². The maximum Gasteiger partial charge on any atom is 0.195 e. The Morgan fingerprint density at radius 1 is 1.10 bits per heavy atom. The van der Waals surface area contributed by atoms with Crippen molar-refractivity contribution in [3.63, 3.8) is 0 Å². The van der Waals surface area contributed by atoms with Gasteiger partial charge in [-0.25, -0.2) is 19.9 Å². The van der Waals surface area contributed by atoms with Crippen LogP contribution in [-0.2, 0) is 17.8 Å². The van der Waals surface area contributed by atoms with E-state index >= 15 is 0 Å². The van der Waals surface area contributed by atoms with E-state index in [2.05, 4.69) is 24.8 Å². The van der Waals surface area contributed by atoms with Crippen molar-refractivity contribution in [1.82, 2.24) is 29.1 Å². The van der Waals surface area contributed by atoms with Crippen LogP contribution in [0.5, 0.6) is 0 Å². The molecule has 4 heterocycles. The standard InChI is InChI=1S/C20H21N7O2/c1-14(28)18-24-15-4-2-3-5-16(15)27(18)7-6-26-13-23-17-19(21-12-22-20(17)26)25-8-10-29-11-9-25/h2-5,12-13H,6-11H2,1H3. The second-order valence-electron chi connectivity index (χ2n) is 7.04. The lowest BCUT2D eigenvalue weighted by atomic mass is 10.3. The number of Topliss-reactive ketones (excluding diaryl/α,β-unsaturated/α-hetero) is 1. The summed E-state index contributed by atoms with van der Waals surface area (Å²) >= 11 is 0. The Morgan fingerprint density at radius 3 is 2.76 bits per heavy atom. The molecule has 0 unspecified atom stereocenters. The van der Waals surface area contributed by atoms with E-state index in [0.717, 1.165) is 41.1 Å². The first-order chi connectivity index (χ1) is 14.2. The molecule has 0 aliphatic carbocycles. The highest BCUT2D eigenvalue weighted by Crippen LogP contribution is 2.23. The predicted molar refractivity (Wildman–Crippen MR) is 108 cm³/mol. The topological polar surface area (TPSA) is 91.0 Å². The third-order valence-electron chi connectivity index (χ3n) is 5.23. The van der Waals surface area contributed by atoms with Crippen LogP contribution in [-0.4, -0.2) is 61.2 Å². The fourth-order valence-electron chi connectivity index (χ4n) is 3.82. The summed E-state index contributed by atoms with van der Waals surface area (Å²) in [6, 6.07) is 7.79. The van der Waals surface area contributed by atoms with Crippen LogP contribution >= 0.6 is 0 Å². The summed E-state index contributed by atoms with van der Waals surface area (Å²) < 4.78 is 9.40. The van der Waals surface area contributed by atoms with Gasteiger partial charge in [0.1, 0.15) is 6.33 Å². The Kier molecular flexibility index (Phi) is 4.44. The van der Waals surface area contributed by atoms with Gasteiger partial charge in [-0.3, -0.25) is 4.79 Å². The average molecular weight is 391 g/mol. The number of fused-ring (bicyclic) bond motifs is 2. The van der Waals surface area contributed by atoms with Gasteiger partial charge in [0.05, 0.1) is 30.6 Å². The Balaban J connectivity index is 1.47. The van der Waals surface area contributed by atoms with Crippen molar-refractivity contribution in [1.29, 1.82) is 0 Å². The number of carbonyl (C=O) groups is 1. The minimum atomic E-state index is -0.0476. The summed E-state index contributed by atoms with van der Waals surface area (Å²) in [7, 11) is 0. The smallest absolute Gasteiger partial charge is 0.195 e. The fourth-order valence-corrected chi connectivity index (χ4v) is 3.82. The first kappa shape index (κ1) is 17.7. The third-order valence-corrected chi connectivity index (χ3v) is 5.23. The number of aryl methyl sites for hydroxylation is 2. The second kappa shape index (κ2) is 7.25. The number of morpholine rings is 1. The van der Waals surface area contributed by atoms with Gasteiger partial charge in [-0.05, 0) is 12.1 Å². The van der Waals surface area contributed by atoms with Gasteiger partial charge < -0.3 is 18.8 Å². The summed E-state index contributed by atoms with van der Waals surface area (Å²) in [6.45, 7) is 5.73. The van der Waals surface area contributed by atoms with E-state index in [-0.39, 0.29) is 5.78 Å². The Morgan fingerprint density at radius 2 is 1.93 bits per heavy atom. The lowest BCUT2D eigenvalue weighted by molar-refractivity contribution is 0.0999. The molecule has 0 spiro atoms. The zero-order chi connectivity index (χ0) is 19.8. The lowest BCUT2D eigenvalue weighted by Gasteiger charge is -2.27. The number of benzene rings is 1. The van der Waals surface area contributed by atoms with Gasteiger partial charge in [0.25, 0.3) is 0 Å². The monoisotopic (exact) mass is 391 g/mol. The molecule has 1 aliphatic rings. The minimum Gasteiger partial charge on any atom is -0.378 e. The highest BCUT2D eigenvalue weighted by Gasteiger charge is 2.19. The number of ether oxygens (including phenoxy) is 1. The molecule has 9 nitrogen and oxygen atoms in total. The number of rotatable bonds is 5. The molecule has 1 saturated heterocycles. The molecule has 0 radical (unpaired) electrons. The number of carbonyl (C=O) groups excluding carboxylic acids is 1. The molecule has 148 valence electrons. The van der Waals surface area contributed by atoms with Gasteiger partial charge in [0.15, 0.2) is 28.6 Å². The number of nitrogens with zero attached hydrogens (tertiary/aromatic N) is 7. The summed E-state index contributed by atoms with van der Waals surface area (Å²) in [5.74, 6) is 1.27. The van der Waals surface area contributed by atoms with E-state index in [0.29, 0.717) is 32.1 Å². The summed E-state index contributed by atoms with van der Waals surface area (Å²) in [4.78, 5) is 32.3. The number of ketones is 1.